The first-order chi connectivity index (χ1) is 8.30. The second-order valence-electron chi connectivity index (χ2n) is 4.27. The molecule has 3 heteroatoms. The molecule has 92 valence electrons. The highest BCUT2D eigenvalue weighted by molar-refractivity contribution is 5.85. The summed E-state index contributed by atoms with van der Waals surface area (Å²) in [5.41, 5.74) is 8.28. The minimum Gasteiger partial charge on any atom is -0.497 e. The van der Waals surface area contributed by atoms with Gasteiger partial charge in [-0.1, -0.05) is 13.3 Å². The zero-order chi connectivity index (χ0) is 12.3. The van der Waals surface area contributed by atoms with E-state index in [1.165, 1.54) is 16.5 Å². The lowest BCUT2D eigenvalue weighted by molar-refractivity contribution is 0.415. The summed E-state index contributed by atoms with van der Waals surface area (Å²) in [7, 11) is 1.71. The van der Waals surface area contributed by atoms with Crippen LogP contribution in [0.3, 0.4) is 0 Å². The second-order valence-corrected chi connectivity index (χ2v) is 4.27. The fourth-order valence-corrected chi connectivity index (χ4v) is 2.27. The molecule has 0 bridgehead atoms. The fourth-order valence-electron chi connectivity index (χ4n) is 2.27. The Morgan fingerprint density at radius 1 is 1.35 bits per heavy atom. The monoisotopic (exact) mass is 232 g/mol. The van der Waals surface area contributed by atoms with Gasteiger partial charge in [-0.05, 0) is 30.2 Å². The van der Waals surface area contributed by atoms with Crippen molar-refractivity contribution in [3.63, 3.8) is 0 Å². The topological polar surface area (TPSA) is 40.2 Å². The fraction of sp³-hybridized carbons (Fsp3) is 0.429. The van der Waals surface area contributed by atoms with E-state index in [4.69, 9.17) is 10.5 Å². The van der Waals surface area contributed by atoms with Crippen molar-refractivity contribution in [2.24, 2.45) is 5.73 Å². The van der Waals surface area contributed by atoms with Crippen LogP contribution in [0.4, 0.5) is 0 Å². The van der Waals surface area contributed by atoms with Gasteiger partial charge in [0.25, 0.3) is 0 Å². The number of aromatic nitrogens is 1. The van der Waals surface area contributed by atoms with Crippen molar-refractivity contribution in [2.45, 2.75) is 26.3 Å². The van der Waals surface area contributed by atoms with Gasteiger partial charge in [-0.15, -0.1) is 0 Å². The van der Waals surface area contributed by atoms with Gasteiger partial charge in [0.15, 0.2) is 0 Å². The van der Waals surface area contributed by atoms with Crippen molar-refractivity contribution in [1.29, 1.82) is 0 Å². The first-order valence-electron chi connectivity index (χ1n) is 6.16. The number of nitrogens with two attached hydrogens (primary N) is 1. The summed E-state index contributed by atoms with van der Waals surface area (Å²) in [5.74, 6) is 0.917. The Bertz CT molecular complexity index is 502. The number of fused-ring (bicyclic) bond motifs is 1. The molecule has 0 amide bonds. The number of hydrogen-bond donors (Lipinski definition) is 1. The Hall–Kier alpha value is -1.48. The molecule has 0 aliphatic carbocycles. The van der Waals surface area contributed by atoms with E-state index in [1.54, 1.807) is 7.11 Å². The SMILES string of the molecule is CCCc1cn(CCN)c2ccc(OC)cc12. The van der Waals surface area contributed by atoms with Crippen LogP contribution in [0.25, 0.3) is 10.9 Å². The Balaban J connectivity index is 2.54. The number of ether oxygens (including phenoxy) is 1. The van der Waals surface area contributed by atoms with Crippen LogP contribution in [0, 0.1) is 0 Å². The normalized spacial score (nSPS) is 11.0. The number of methoxy groups -OCH3 is 1. The van der Waals surface area contributed by atoms with Crippen LogP contribution in [0.2, 0.25) is 0 Å². The molecule has 1 aromatic carbocycles. The molecule has 0 saturated carbocycles. The lowest BCUT2D eigenvalue weighted by Crippen LogP contribution is -2.08. The minimum atomic E-state index is 0.668. The van der Waals surface area contributed by atoms with Crippen LogP contribution in [0.1, 0.15) is 18.9 Å². The van der Waals surface area contributed by atoms with E-state index >= 15 is 0 Å². The van der Waals surface area contributed by atoms with Crippen molar-refractivity contribution in [3.05, 3.63) is 30.0 Å². The van der Waals surface area contributed by atoms with Gasteiger partial charge in [0.05, 0.1) is 7.11 Å². The molecule has 0 unspecified atom stereocenters. The van der Waals surface area contributed by atoms with Gasteiger partial charge in [0.2, 0.25) is 0 Å². The summed E-state index contributed by atoms with van der Waals surface area (Å²) < 4.78 is 7.53. The number of hydrogen-bond acceptors (Lipinski definition) is 2. The van der Waals surface area contributed by atoms with Crippen LogP contribution in [-0.2, 0) is 13.0 Å². The first kappa shape index (κ1) is 12.0. The van der Waals surface area contributed by atoms with Crippen molar-refractivity contribution in [1.82, 2.24) is 4.57 Å². The van der Waals surface area contributed by atoms with Crippen LogP contribution in [-0.4, -0.2) is 18.2 Å². The predicted molar refractivity (Wildman–Crippen MR) is 71.5 cm³/mol. The number of benzene rings is 1. The van der Waals surface area contributed by atoms with E-state index in [0.717, 1.165) is 25.1 Å². The van der Waals surface area contributed by atoms with Crippen molar-refractivity contribution < 1.29 is 4.74 Å². The smallest absolute Gasteiger partial charge is 0.119 e. The molecule has 1 aromatic heterocycles. The lowest BCUT2D eigenvalue weighted by Gasteiger charge is -2.04. The van der Waals surface area contributed by atoms with Gasteiger partial charge in [0, 0.05) is 30.2 Å². The molecule has 0 aliphatic rings. The molecule has 1 heterocycles. The zero-order valence-electron chi connectivity index (χ0n) is 10.6. The summed E-state index contributed by atoms with van der Waals surface area (Å²) in [6, 6.07) is 6.24. The Morgan fingerprint density at radius 2 is 2.18 bits per heavy atom. The molecular formula is C14H20N2O. The summed E-state index contributed by atoms with van der Waals surface area (Å²) in [6.45, 7) is 3.74. The average molecular weight is 232 g/mol. The van der Waals surface area contributed by atoms with E-state index in [-0.39, 0.29) is 0 Å². The molecule has 0 radical (unpaired) electrons. The molecule has 0 atom stereocenters. The molecule has 0 fully saturated rings. The highest BCUT2D eigenvalue weighted by atomic mass is 16.5. The number of rotatable bonds is 5. The predicted octanol–water partition coefficient (Wildman–Crippen LogP) is 2.56. The third-order valence-corrected chi connectivity index (χ3v) is 3.06. The zero-order valence-corrected chi connectivity index (χ0v) is 10.6. The highest BCUT2D eigenvalue weighted by Gasteiger charge is 2.08. The molecule has 17 heavy (non-hydrogen) atoms. The van der Waals surface area contributed by atoms with Crippen LogP contribution in [0.15, 0.2) is 24.4 Å². The van der Waals surface area contributed by atoms with Crippen molar-refractivity contribution >= 4 is 10.9 Å². The van der Waals surface area contributed by atoms with Gasteiger partial charge in [0.1, 0.15) is 5.75 Å². The largest absolute Gasteiger partial charge is 0.497 e. The summed E-state index contributed by atoms with van der Waals surface area (Å²) >= 11 is 0. The molecule has 0 aliphatic heterocycles. The number of nitrogens with zero attached hydrogens (tertiary/aromatic N) is 1. The van der Waals surface area contributed by atoms with Gasteiger partial charge in [-0.3, -0.25) is 0 Å². The first-order valence-corrected chi connectivity index (χ1v) is 6.16. The third kappa shape index (κ3) is 2.29. The Kier molecular flexibility index (Phi) is 3.69. The maximum Gasteiger partial charge on any atom is 0.119 e. The van der Waals surface area contributed by atoms with Gasteiger partial charge >= 0.3 is 0 Å². The second kappa shape index (κ2) is 5.23. The highest BCUT2D eigenvalue weighted by Crippen LogP contribution is 2.26. The van der Waals surface area contributed by atoms with Gasteiger partial charge < -0.3 is 15.0 Å². The number of aryl methyl sites for hydroxylation is 1. The minimum absolute atomic E-state index is 0.668. The maximum absolute atomic E-state index is 5.65. The molecule has 3 nitrogen and oxygen atoms in total. The molecule has 0 spiro atoms. The Labute approximate surface area is 102 Å². The van der Waals surface area contributed by atoms with E-state index in [2.05, 4.69) is 29.8 Å². The van der Waals surface area contributed by atoms with Crippen LogP contribution >= 0.6 is 0 Å². The summed E-state index contributed by atoms with van der Waals surface area (Å²) in [5, 5.41) is 1.29. The molecule has 0 saturated heterocycles. The quantitative estimate of drug-likeness (QED) is 0.860. The van der Waals surface area contributed by atoms with E-state index in [0.29, 0.717) is 6.54 Å². The third-order valence-electron chi connectivity index (χ3n) is 3.06. The average Bonchev–Trinajstić information content (AvgIpc) is 2.68. The van der Waals surface area contributed by atoms with Crippen molar-refractivity contribution in [3.8, 4) is 5.75 Å². The maximum atomic E-state index is 5.65. The van der Waals surface area contributed by atoms with E-state index in [9.17, 15) is 0 Å². The van der Waals surface area contributed by atoms with Crippen LogP contribution in [0.5, 0.6) is 5.75 Å². The molecule has 2 rings (SSSR count). The van der Waals surface area contributed by atoms with Crippen LogP contribution < -0.4 is 10.5 Å². The van der Waals surface area contributed by atoms with Crippen molar-refractivity contribution in [2.75, 3.05) is 13.7 Å². The summed E-state index contributed by atoms with van der Waals surface area (Å²) in [4.78, 5) is 0. The van der Waals surface area contributed by atoms with E-state index < -0.39 is 0 Å². The standard InChI is InChI=1S/C14H20N2O/c1-3-4-11-10-16(8-7-15)14-6-5-12(17-2)9-13(11)14/h5-6,9-10H,3-4,7-8,15H2,1-2H3. The van der Waals surface area contributed by atoms with Gasteiger partial charge in [-0.2, -0.15) is 0 Å². The van der Waals surface area contributed by atoms with Gasteiger partial charge in [-0.25, -0.2) is 0 Å². The Morgan fingerprint density at radius 3 is 2.82 bits per heavy atom. The molecule has 2 N–H and O–H groups in total. The summed E-state index contributed by atoms with van der Waals surface area (Å²) in [6.07, 6.45) is 4.47. The molecule has 2 aromatic rings. The van der Waals surface area contributed by atoms with E-state index in [1.807, 2.05) is 6.07 Å². The molecular weight excluding hydrogens is 212 g/mol. The lowest BCUT2D eigenvalue weighted by atomic mass is 10.1.